The number of benzene rings is 2. The van der Waals surface area contributed by atoms with E-state index in [4.69, 9.17) is 21.1 Å². The standard InChI is InChI=1S/C25H31ClN2O5/c1-16(29)28-21-5-4-20(30)12-23(21)32-15-24(2,31)14-27-19-7-9-25(10-8-19)13-17-11-18(26)3-6-22(17)33-25/h3-6,11-12,19,27,30-31H,7-10,13-15H2,1-2H3,(H,28,29). The first-order valence-corrected chi connectivity index (χ1v) is 11.7. The number of phenolic OH excluding ortho intramolecular Hbond substituents is 1. The molecule has 1 aliphatic carbocycles. The Morgan fingerprint density at radius 3 is 2.76 bits per heavy atom. The average Bonchev–Trinajstić information content (AvgIpc) is 3.10. The van der Waals surface area contributed by atoms with Crippen LogP contribution < -0.4 is 20.1 Å². The van der Waals surface area contributed by atoms with Gasteiger partial charge in [-0.3, -0.25) is 4.79 Å². The number of ether oxygens (including phenoxy) is 2. The number of halogens is 1. The minimum atomic E-state index is -1.13. The minimum Gasteiger partial charge on any atom is -0.508 e. The molecule has 2 aromatic carbocycles. The van der Waals surface area contributed by atoms with Crippen LogP contribution in [0.3, 0.4) is 0 Å². The molecule has 1 spiro atoms. The molecule has 1 aliphatic heterocycles. The van der Waals surface area contributed by atoms with Crippen molar-refractivity contribution in [3.8, 4) is 17.2 Å². The van der Waals surface area contributed by atoms with Gasteiger partial charge in [0.25, 0.3) is 0 Å². The van der Waals surface area contributed by atoms with Gasteiger partial charge in [-0.1, -0.05) is 11.6 Å². The number of hydrogen-bond donors (Lipinski definition) is 4. The van der Waals surface area contributed by atoms with Crippen LogP contribution in [-0.2, 0) is 11.2 Å². The van der Waals surface area contributed by atoms with Crippen molar-refractivity contribution in [3.63, 3.8) is 0 Å². The molecule has 2 aromatic rings. The van der Waals surface area contributed by atoms with Crippen LogP contribution >= 0.6 is 11.6 Å². The second-order valence-electron chi connectivity index (χ2n) is 9.52. The van der Waals surface area contributed by atoms with Crippen LogP contribution in [0.1, 0.15) is 45.1 Å². The summed E-state index contributed by atoms with van der Waals surface area (Å²) in [7, 11) is 0. The Labute approximate surface area is 199 Å². The van der Waals surface area contributed by atoms with E-state index in [1.54, 1.807) is 13.0 Å². The molecule has 1 fully saturated rings. The maximum atomic E-state index is 11.4. The van der Waals surface area contributed by atoms with Gasteiger partial charge in [0.1, 0.15) is 35.1 Å². The van der Waals surface area contributed by atoms with Gasteiger partial charge in [0.2, 0.25) is 5.91 Å². The van der Waals surface area contributed by atoms with Gasteiger partial charge in [0, 0.05) is 37.0 Å². The predicted molar refractivity (Wildman–Crippen MR) is 127 cm³/mol. The van der Waals surface area contributed by atoms with Crippen LogP contribution in [-0.4, -0.2) is 46.5 Å². The first-order chi connectivity index (χ1) is 15.6. The van der Waals surface area contributed by atoms with E-state index >= 15 is 0 Å². The number of hydrogen-bond acceptors (Lipinski definition) is 6. The van der Waals surface area contributed by atoms with Gasteiger partial charge in [-0.25, -0.2) is 0 Å². The molecule has 1 atom stereocenters. The number of aromatic hydroxyl groups is 1. The highest BCUT2D eigenvalue weighted by Gasteiger charge is 2.42. The molecule has 1 heterocycles. The third-order valence-electron chi connectivity index (χ3n) is 6.34. The van der Waals surface area contributed by atoms with Gasteiger partial charge in [-0.2, -0.15) is 0 Å². The summed E-state index contributed by atoms with van der Waals surface area (Å²) in [4.78, 5) is 11.4. The molecule has 33 heavy (non-hydrogen) atoms. The summed E-state index contributed by atoms with van der Waals surface area (Å²) < 4.78 is 12.1. The van der Waals surface area contributed by atoms with Crippen molar-refractivity contribution < 1.29 is 24.5 Å². The summed E-state index contributed by atoms with van der Waals surface area (Å²) in [5.41, 5.74) is 0.344. The highest BCUT2D eigenvalue weighted by atomic mass is 35.5. The molecule has 4 rings (SSSR count). The summed E-state index contributed by atoms with van der Waals surface area (Å²) in [5.74, 6) is 1.03. The Bertz CT molecular complexity index is 1020. The van der Waals surface area contributed by atoms with Gasteiger partial charge < -0.3 is 30.3 Å². The third-order valence-corrected chi connectivity index (χ3v) is 6.58. The van der Waals surface area contributed by atoms with Crippen molar-refractivity contribution in [1.29, 1.82) is 0 Å². The largest absolute Gasteiger partial charge is 0.508 e. The Morgan fingerprint density at radius 1 is 1.27 bits per heavy atom. The molecule has 0 radical (unpaired) electrons. The first-order valence-electron chi connectivity index (χ1n) is 11.3. The Balaban J connectivity index is 1.26. The molecule has 1 saturated carbocycles. The highest BCUT2D eigenvalue weighted by molar-refractivity contribution is 6.30. The fourth-order valence-corrected chi connectivity index (χ4v) is 4.80. The molecule has 2 aliphatic rings. The van der Waals surface area contributed by atoms with E-state index in [9.17, 15) is 15.0 Å². The van der Waals surface area contributed by atoms with Crippen molar-refractivity contribution in [2.24, 2.45) is 0 Å². The molecule has 1 unspecified atom stereocenters. The molecule has 7 nitrogen and oxygen atoms in total. The van der Waals surface area contributed by atoms with E-state index in [2.05, 4.69) is 10.6 Å². The fraction of sp³-hybridized carbons (Fsp3) is 0.480. The van der Waals surface area contributed by atoms with E-state index < -0.39 is 5.60 Å². The van der Waals surface area contributed by atoms with Crippen molar-refractivity contribution in [2.45, 2.75) is 63.2 Å². The zero-order valence-corrected chi connectivity index (χ0v) is 19.7. The van der Waals surface area contributed by atoms with Crippen LogP contribution in [0.4, 0.5) is 5.69 Å². The van der Waals surface area contributed by atoms with Crippen LogP contribution in [0.15, 0.2) is 36.4 Å². The number of carbonyl (C=O) groups excluding carboxylic acids is 1. The van der Waals surface area contributed by atoms with Crippen LogP contribution in [0, 0.1) is 0 Å². The van der Waals surface area contributed by atoms with E-state index in [-0.39, 0.29) is 29.9 Å². The van der Waals surface area contributed by atoms with E-state index in [0.717, 1.165) is 42.9 Å². The van der Waals surface area contributed by atoms with Gasteiger partial charge in [0.15, 0.2) is 0 Å². The van der Waals surface area contributed by atoms with Crippen LogP contribution in [0.25, 0.3) is 0 Å². The number of amides is 1. The lowest BCUT2D eigenvalue weighted by molar-refractivity contribution is -0.114. The zero-order valence-electron chi connectivity index (χ0n) is 19.0. The van der Waals surface area contributed by atoms with E-state index in [1.165, 1.54) is 24.6 Å². The highest BCUT2D eigenvalue weighted by Crippen LogP contribution is 2.44. The number of carbonyl (C=O) groups is 1. The average molecular weight is 475 g/mol. The summed E-state index contributed by atoms with van der Waals surface area (Å²) in [6.07, 6.45) is 4.69. The Kier molecular flexibility index (Phi) is 6.75. The normalized spacial score (nSPS) is 23.5. The Hall–Kier alpha value is -2.48. The molecule has 1 amide bonds. The lowest BCUT2D eigenvalue weighted by atomic mass is 9.79. The molecular weight excluding hydrogens is 444 g/mol. The minimum absolute atomic E-state index is 0.00583. The SMILES string of the molecule is CC(=O)Nc1ccc(O)cc1OCC(C)(O)CNC1CCC2(CC1)Cc1cc(Cl)ccc1O2. The number of aliphatic hydroxyl groups is 1. The van der Waals surface area contributed by atoms with Gasteiger partial charge >= 0.3 is 0 Å². The predicted octanol–water partition coefficient (Wildman–Crippen LogP) is 4.04. The second-order valence-corrected chi connectivity index (χ2v) is 9.95. The fourth-order valence-electron chi connectivity index (χ4n) is 4.60. The smallest absolute Gasteiger partial charge is 0.221 e. The Morgan fingerprint density at radius 2 is 2.03 bits per heavy atom. The topological polar surface area (TPSA) is 100 Å². The lowest BCUT2D eigenvalue weighted by Crippen LogP contribution is -2.49. The molecule has 8 heteroatoms. The maximum absolute atomic E-state index is 11.4. The summed E-state index contributed by atoms with van der Waals surface area (Å²) in [5, 5.41) is 27.4. The molecule has 0 bridgehead atoms. The van der Waals surface area contributed by atoms with E-state index in [0.29, 0.717) is 18.0 Å². The van der Waals surface area contributed by atoms with Gasteiger partial charge in [0.05, 0.1) is 5.69 Å². The summed E-state index contributed by atoms with van der Waals surface area (Å²) in [6, 6.07) is 10.6. The first kappa shape index (κ1) is 23.7. The van der Waals surface area contributed by atoms with Crippen LogP contribution in [0.5, 0.6) is 17.2 Å². The van der Waals surface area contributed by atoms with Gasteiger partial charge in [-0.05, 0) is 68.5 Å². The third kappa shape index (κ3) is 5.91. The van der Waals surface area contributed by atoms with E-state index in [1.807, 2.05) is 18.2 Å². The molecule has 0 aromatic heterocycles. The van der Waals surface area contributed by atoms with Crippen molar-refractivity contribution >= 4 is 23.2 Å². The molecule has 0 saturated heterocycles. The van der Waals surface area contributed by atoms with Crippen molar-refractivity contribution in [1.82, 2.24) is 5.32 Å². The quantitative estimate of drug-likeness (QED) is 0.452. The van der Waals surface area contributed by atoms with Gasteiger partial charge in [-0.15, -0.1) is 0 Å². The van der Waals surface area contributed by atoms with Crippen LogP contribution in [0.2, 0.25) is 5.02 Å². The second kappa shape index (κ2) is 9.41. The summed E-state index contributed by atoms with van der Waals surface area (Å²) >= 11 is 6.13. The van der Waals surface area contributed by atoms with Crippen molar-refractivity contribution in [3.05, 3.63) is 47.0 Å². The van der Waals surface area contributed by atoms with Crippen molar-refractivity contribution in [2.75, 3.05) is 18.5 Å². The molecule has 4 N–H and O–H groups in total. The molecular formula is C25H31ClN2O5. The zero-order chi connectivity index (χ0) is 23.6. The number of nitrogens with one attached hydrogen (secondary N) is 2. The lowest BCUT2D eigenvalue weighted by Gasteiger charge is -2.38. The maximum Gasteiger partial charge on any atom is 0.221 e. The monoisotopic (exact) mass is 474 g/mol. The summed E-state index contributed by atoms with van der Waals surface area (Å²) in [6.45, 7) is 3.46. The number of rotatable bonds is 7. The number of phenols is 1. The number of fused-ring (bicyclic) bond motifs is 1. The number of anilines is 1. The molecule has 178 valence electrons.